The highest BCUT2D eigenvalue weighted by Gasteiger charge is 2.37. The first-order valence-electron chi connectivity index (χ1n) is 6.39. The molecule has 1 heterocycles. The summed E-state index contributed by atoms with van der Waals surface area (Å²) in [6, 6.07) is 9.40. The van der Waals surface area contributed by atoms with Crippen molar-refractivity contribution in [3.8, 4) is 0 Å². The van der Waals surface area contributed by atoms with E-state index in [-0.39, 0.29) is 0 Å². The van der Waals surface area contributed by atoms with Gasteiger partial charge in [0.1, 0.15) is 5.54 Å². The molecule has 1 amide bonds. The molecule has 2 rings (SSSR count). The second-order valence-electron chi connectivity index (χ2n) is 5.33. The second-order valence-corrected chi connectivity index (χ2v) is 5.33. The lowest BCUT2D eigenvalue weighted by Crippen LogP contribution is -2.56. The third-order valence-electron chi connectivity index (χ3n) is 3.71. The number of primary amides is 1. The number of rotatable bonds is 4. The van der Waals surface area contributed by atoms with Crippen molar-refractivity contribution in [1.82, 2.24) is 4.90 Å². The molecule has 1 fully saturated rings. The van der Waals surface area contributed by atoms with Gasteiger partial charge in [-0.1, -0.05) is 37.3 Å². The Balaban J connectivity index is 2.20. The molecule has 1 aromatic carbocycles. The van der Waals surface area contributed by atoms with Crippen molar-refractivity contribution in [3.05, 3.63) is 35.9 Å². The fourth-order valence-corrected chi connectivity index (χ4v) is 2.57. The van der Waals surface area contributed by atoms with Crippen molar-refractivity contribution in [2.24, 2.45) is 17.4 Å². The van der Waals surface area contributed by atoms with Gasteiger partial charge >= 0.3 is 0 Å². The summed E-state index contributed by atoms with van der Waals surface area (Å²) in [6.07, 6.45) is 1.16. The summed E-state index contributed by atoms with van der Waals surface area (Å²) in [7, 11) is 0. The van der Waals surface area contributed by atoms with Crippen LogP contribution in [0.3, 0.4) is 0 Å². The van der Waals surface area contributed by atoms with Crippen LogP contribution in [0, 0.1) is 5.92 Å². The van der Waals surface area contributed by atoms with Crippen LogP contribution in [0.5, 0.6) is 0 Å². The van der Waals surface area contributed by atoms with Crippen molar-refractivity contribution >= 4 is 5.91 Å². The van der Waals surface area contributed by atoms with Crippen molar-refractivity contribution in [3.63, 3.8) is 0 Å². The number of nitrogens with two attached hydrogens (primary N) is 2. The number of nitrogens with zero attached hydrogens (tertiary/aromatic N) is 1. The minimum absolute atomic E-state index is 0.465. The van der Waals surface area contributed by atoms with Crippen LogP contribution in [-0.4, -0.2) is 30.4 Å². The first-order valence-corrected chi connectivity index (χ1v) is 6.39. The summed E-state index contributed by atoms with van der Waals surface area (Å²) in [5.41, 5.74) is 11.5. The molecule has 18 heavy (non-hydrogen) atoms. The third-order valence-corrected chi connectivity index (χ3v) is 3.71. The van der Waals surface area contributed by atoms with Crippen LogP contribution in [-0.2, 0) is 10.3 Å². The maximum atomic E-state index is 11.8. The lowest BCUT2D eigenvalue weighted by atomic mass is 9.89. The molecule has 0 bridgehead atoms. The highest BCUT2D eigenvalue weighted by molar-refractivity contribution is 5.86. The number of hydrogen-bond acceptors (Lipinski definition) is 3. The number of amides is 1. The van der Waals surface area contributed by atoms with E-state index in [1.54, 1.807) is 0 Å². The van der Waals surface area contributed by atoms with E-state index in [0.717, 1.165) is 25.1 Å². The summed E-state index contributed by atoms with van der Waals surface area (Å²) in [5, 5.41) is 0. The van der Waals surface area contributed by atoms with Gasteiger partial charge in [0, 0.05) is 13.1 Å². The van der Waals surface area contributed by atoms with Crippen molar-refractivity contribution in [1.29, 1.82) is 0 Å². The summed E-state index contributed by atoms with van der Waals surface area (Å²) in [6.45, 7) is 4.68. The Bertz CT molecular complexity index is 420. The number of carbonyl (C=O) groups is 1. The zero-order valence-electron chi connectivity index (χ0n) is 10.8. The van der Waals surface area contributed by atoms with Gasteiger partial charge in [0.05, 0.1) is 0 Å². The van der Waals surface area contributed by atoms with Gasteiger partial charge < -0.3 is 16.4 Å². The average molecular weight is 247 g/mol. The Hall–Kier alpha value is -1.39. The van der Waals surface area contributed by atoms with E-state index in [1.165, 1.54) is 0 Å². The van der Waals surface area contributed by atoms with Gasteiger partial charge in [-0.05, 0) is 24.4 Å². The Labute approximate surface area is 108 Å². The number of hydrogen-bond donors (Lipinski definition) is 2. The van der Waals surface area contributed by atoms with Gasteiger partial charge in [-0.25, -0.2) is 0 Å². The lowest BCUT2D eigenvalue weighted by Gasteiger charge is -2.31. The predicted molar refractivity (Wildman–Crippen MR) is 71.7 cm³/mol. The molecule has 98 valence electrons. The summed E-state index contributed by atoms with van der Waals surface area (Å²) in [4.78, 5) is 14.0. The second kappa shape index (κ2) is 5.08. The first kappa shape index (κ1) is 13.1. The molecule has 0 aliphatic carbocycles. The molecule has 1 aliphatic heterocycles. The Morgan fingerprint density at radius 2 is 2.11 bits per heavy atom. The normalized spacial score (nSPS) is 23.8. The van der Waals surface area contributed by atoms with E-state index in [9.17, 15) is 4.79 Å². The molecule has 2 atom stereocenters. The molecule has 4 heteroatoms. The molecular formula is C14H21N3O. The van der Waals surface area contributed by atoms with E-state index in [4.69, 9.17) is 11.5 Å². The maximum Gasteiger partial charge on any atom is 0.243 e. The standard InChI is InChI=1S/C14H21N3O/c1-11-7-8-17(9-11)10-14(16,13(15)18)12-5-3-2-4-6-12/h2-6,11H,7-10,16H2,1H3,(H2,15,18). The van der Waals surface area contributed by atoms with Crippen molar-refractivity contribution in [2.75, 3.05) is 19.6 Å². The van der Waals surface area contributed by atoms with Gasteiger partial charge in [-0.3, -0.25) is 4.79 Å². The molecule has 1 saturated heterocycles. The third kappa shape index (κ3) is 2.54. The van der Waals surface area contributed by atoms with Crippen LogP contribution < -0.4 is 11.5 Å². The van der Waals surface area contributed by atoms with Crippen LogP contribution >= 0.6 is 0 Å². The maximum absolute atomic E-state index is 11.8. The van der Waals surface area contributed by atoms with Gasteiger partial charge in [0.25, 0.3) is 0 Å². The first-order chi connectivity index (χ1) is 8.52. The largest absolute Gasteiger partial charge is 0.368 e. The van der Waals surface area contributed by atoms with Gasteiger partial charge in [-0.2, -0.15) is 0 Å². The SMILES string of the molecule is CC1CCN(CC(N)(C(N)=O)c2ccccc2)C1. The fraction of sp³-hybridized carbons (Fsp3) is 0.500. The van der Waals surface area contributed by atoms with Crippen LogP contribution in [0.25, 0.3) is 0 Å². The predicted octanol–water partition coefficient (Wildman–Crippen LogP) is 0.668. The number of carbonyl (C=O) groups excluding carboxylic acids is 1. The molecule has 2 unspecified atom stereocenters. The Morgan fingerprint density at radius 1 is 1.44 bits per heavy atom. The van der Waals surface area contributed by atoms with E-state index in [1.807, 2.05) is 30.3 Å². The van der Waals surface area contributed by atoms with Gasteiger partial charge in [0.15, 0.2) is 0 Å². The highest BCUT2D eigenvalue weighted by Crippen LogP contribution is 2.23. The average Bonchev–Trinajstić information content (AvgIpc) is 2.75. The molecule has 1 aromatic rings. The number of benzene rings is 1. The number of likely N-dealkylation sites (tertiary alicyclic amines) is 1. The van der Waals surface area contributed by atoms with E-state index >= 15 is 0 Å². The molecule has 1 aliphatic rings. The topological polar surface area (TPSA) is 72.3 Å². The monoisotopic (exact) mass is 247 g/mol. The van der Waals surface area contributed by atoms with E-state index < -0.39 is 11.4 Å². The minimum atomic E-state index is -1.09. The van der Waals surface area contributed by atoms with Gasteiger partial charge in [0.2, 0.25) is 5.91 Å². The molecule has 0 saturated carbocycles. The van der Waals surface area contributed by atoms with Crippen LogP contribution in [0.2, 0.25) is 0 Å². The van der Waals surface area contributed by atoms with Crippen LogP contribution in [0.15, 0.2) is 30.3 Å². The Kier molecular flexibility index (Phi) is 3.68. The molecule has 4 N–H and O–H groups in total. The summed E-state index contributed by atoms with van der Waals surface area (Å²) in [5.74, 6) is 0.200. The van der Waals surface area contributed by atoms with Crippen LogP contribution in [0.4, 0.5) is 0 Å². The highest BCUT2D eigenvalue weighted by atomic mass is 16.1. The fourth-order valence-electron chi connectivity index (χ4n) is 2.57. The van der Waals surface area contributed by atoms with Crippen molar-refractivity contribution in [2.45, 2.75) is 18.9 Å². The lowest BCUT2D eigenvalue weighted by molar-refractivity contribution is -0.124. The van der Waals surface area contributed by atoms with E-state index in [2.05, 4.69) is 11.8 Å². The molecular weight excluding hydrogens is 226 g/mol. The molecule has 0 aromatic heterocycles. The summed E-state index contributed by atoms with van der Waals surface area (Å²) < 4.78 is 0. The van der Waals surface area contributed by atoms with Gasteiger partial charge in [-0.15, -0.1) is 0 Å². The smallest absolute Gasteiger partial charge is 0.243 e. The van der Waals surface area contributed by atoms with Crippen molar-refractivity contribution < 1.29 is 4.79 Å². The van der Waals surface area contributed by atoms with Crippen LogP contribution in [0.1, 0.15) is 18.9 Å². The Morgan fingerprint density at radius 3 is 2.61 bits per heavy atom. The molecule has 0 spiro atoms. The summed E-state index contributed by atoms with van der Waals surface area (Å²) >= 11 is 0. The minimum Gasteiger partial charge on any atom is -0.368 e. The zero-order chi connectivity index (χ0) is 13.2. The molecule has 4 nitrogen and oxygen atoms in total. The molecule has 0 radical (unpaired) electrons. The van der Waals surface area contributed by atoms with E-state index in [0.29, 0.717) is 12.5 Å². The zero-order valence-corrected chi connectivity index (χ0v) is 10.8. The quantitative estimate of drug-likeness (QED) is 0.821.